The van der Waals surface area contributed by atoms with Crippen LogP contribution in [0.5, 0.6) is 11.5 Å². The lowest BCUT2D eigenvalue weighted by molar-refractivity contribution is 0.237. The van der Waals surface area contributed by atoms with Crippen LogP contribution in [0.15, 0.2) is 42.5 Å². The lowest BCUT2D eigenvalue weighted by Gasteiger charge is -2.18. The molecule has 152 valence electrons. The molecular weight excluding hydrogens is 354 g/mol. The molecule has 0 radical (unpaired) electrons. The zero-order chi connectivity index (χ0) is 20.5. The number of urea groups is 1. The maximum absolute atomic E-state index is 12.3. The third-order valence-corrected chi connectivity index (χ3v) is 4.38. The second-order valence-corrected chi connectivity index (χ2v) is 6.87. The topological polar surface area (TPSA) is 62.8 Å². The zero-order valence-electron chi connectivity index (χ0n) is 17.4. The summed E-state index contributed by atoms with van der Waals surface area (Å²) in [6, 6.07) is 13.4. The highest BCUT2D eigenvalue weighted by Crippen LogP contribution is 2.30. The van der Waals surface area contributed by atoms with Crippen molar-refractivity contribution in [1.82, 2.24) is 10.6 Å². The molecule has 0 aromatic heterocycles. The number of anilines is 1. The van der Waals surface area contributed by atoms with Crippen molar-refractivity contribution < 1.29 is 14.3 Å². The SMILES string of the molecule is CCCOc1ccc(C(C)NC(=O)NCc2cccc(N(C)C)c2)cc1OC. The number of methoxy groups -OCH3 is 1. The molecule has 2 rings (SSSR count). The van der Waals surface area contributed by atoms with Gasteiger partial charge in [-0.3, -0.25) is 0 Å². The van der Waals surface area contributed by atoms with Crippen molar-refractivity contribution in [3.05, 3.63) is 53.6 Å². The molecule has 0 bridgehead atoms. The van der Waals surface area contributed by atoms with Gasteiger partial charge in [-0.15, -0.1) is 0 Å². The van der Waals surface area contributed by atoms with Crippen LogP contribution >= 0.6 is 0 Å². The molecule has 0 spiro atoms. The fourth-order valence-corrected chi connectivity index (χ4v) is 2.74. The van der Waals surface area contributed by atoms with E-state index in [4.69, 9.17) is 9.47 Å². The maximum Gasteiger partial charge on any atom is 0.315 e. The minimum Gasteiger partial charge on any atom is -0.493 e. The molecule has 0 aliphatic carbocycles. The highest BCUT2D eigenvalue weighted by molar-refractivity contribution is 5.74. The number of carbonyl (C=O) groups is 1. The van der Waals surface area contributed by atoms with Crippen molar-refractivity contribution in [1.29, 1.82) is 0 Å². The summed E-state index contributed by atoms with van der Waals surface area (Å²) in [5, 5.41) is 5.87. The minimum absolute atomic E-state index is 0.165. The van der Waals surface area contributed by atoms with Crippen LogP contribution < -0.4 is 25.0 Å². The quantitative estimate of drug-likeness (QED) is 0.682. The van der Waals surface area contributed by atoms with E-state index in [-0.39, 0.29) is 12.1 Å². The maximum atomic E-state index is 12.3. The summed E-state index contributed by atoms with van der Waals surface area (Å²) in [7, 11) is 5.60. The van der Waals surface area contributed by atoms with E-state index in [0.717, 1.165) is 23.2 Å². The molecule has 6 heteroatoms. The van der Waals surface area contributed by atoms with Gasteiger partial charge in [0, 0.05) is 26.3 Å². The molecule has 0 saturated heterocycles. The number of nitrogens with one attached hydrogen (secondary N) is 2. The number of carbonyl (C=O) groups excluding carboxylic acids is 1. The first-order valence-electron chi connectivity index (χ1n) is 9.56. The molecule has 0 saturated carbocycles. The Bertz CT molecular complexity index is 777. The summed E-state index contributed by atoms with van der Waals surface area (Å²) < 4.78 is 11.1. The van der Waals surface area contributed by atoms with Crippen molar-refractivity contribution in [3.63, 3.8) is 0 Å². The van der Waals surface area contributed by atoms with E-state index in [1.54, 1.807) is 7.11 Å². The van der Waals surface area contributed by atoms with Crippen LogP contribution in [-0.4, -0.2) is 33.8 Å². The van der Waals surface area contributed by atoms with E-state index in [0.29, 0.717) is 24.7 Å². The van der Waals surface area contributed by atoms with Crippen molar-refractivity contribution in [2.75, 3.05) is 32.7 Å². The van der Waals surface area contributed by atoms with Crippen molar-refractivity contribution >= 4 is 11.7 Å². The predicted molar refractivity (Wildman–Crippen MR) is 113 cm³/mol. The second-order valence-electron chi connectivity index (χ2n) is 6.87. The predicted octanol–water partition coefficient (Wildman–Crippen LogP) is 4.11. The summed E-state index contributed by atoms with van der Waals surface area (Å²) in [6.07, 6.45) is 0.931. The molecule has 2 amide bonds. The first-order chi connectivity index (χ1) is 13.4. The molecule has 0 aliphatic rings. The van der Waals surface area contributed by atoms with E-state index in [1.165, 1.54) is 0 Å². The van der Waals surface area contributed by atoms with Crippen LogP contribution in [0.1, 0.15) is 37.4 Å². The molecule has 2 aromatic rings. The van der Waals surface area contributed by atoms with Crippen molar-refractivity contribution in [2.24, 2.45) is 0 Å². The minimum atomic E-state index is -0.215. The molecule has 28 heavy (non-hydrogen) atoms. The van der Waals surface area contributed by atoms with Gasteiger partial charge in [0.25, 0.3) is 0 Å². The fourth-order valence-electron chi connectivity index (χ4n) is 2.74. The van der Waals surface area contributed by atoms with Gasteiger partial charge in [-0.25, -0.2) is 4.79 Å². The van der Waals surface area contributed by atoms with Crippen LogP contribution in [0.4, 0.5) is 10.5 Å². The standard InChI is InChI=1S/C22H31N3O3/c1-6-12-28-20-11-10-18(14-21(20)27-5)16(2)24-22(26)23-15-17-8-7-9-19(13-17)25(3)4/h7-11,13-14,16H,6,12,15H2,1-5H3,(H2,23,24,26). The van der Waals surface area contributed by atoms with E-state index < -0.39 is 0 Å². The first-order valence-corrected chi connectivity index (χ1v) is 9.56. The van der Waals surface area contributed by atoms with Gasteiger partial charge in [-0.05, 0) is 48.7 Å². The summed E-state index contributed by atoms with van der Waals surface area (Å²) in [5.74, 6) is 1.38. The molecule has 0 fully saturated rings. The van der Waals surface area contributed by atoms with Gasteiger partial charge in [0.2, 0.25) is 0 Å². The van der Waals surface area contributed by atoms with Crippen molar-refractivity contribution in [3.8, 4) is 11.5 Å². The zero-order valence-corrected chi connectivity index (χ0v) is 17.4. The number of ether oxygens (including phenoxy) is 2. The molecule has 6 nitrogen and oxygen atoms in total. The lowest BCUT2D eigenvalue weighted by Crippen LogP contribution is -2.36. The highest BCUT2D eigenvalue weighted by atomic mass is 16.5. The Morgan fingerprint density at radius 2 is 1.93 bits per heavy atom. The van der Waals surface area contributed by atoms with Crippen LogP contribution in [0.3, 0.4) is 0 Å². The van der Waals surface area contributed by atoms with Gasteiger partial charge in [0.05, 0.1) is 19.8 Å². The van der Waals surface area contributed by atoms with Gasteiger partial charge in [-0.1, -0.05) is 25.1 Å². The van der Waals surface area contributed by atoms with Crippen molar-refractivity contribution in [2.45, 2.75) is 32.9 Å². The molecule has 1 unspecified atom stereocenters. The molecular formula is C22H31N3O3. The summed E-state index contributed by atoms with van der Waals surface area (Å²) in [5.41, 5.74) is 3.10. The highest BCUT2D eigenvalue weighted by Gasteiger charge is 2.13. The number of amides is 2. The molecule has 0 heterocycles. The molecule has 0 aliphatic heterocycles. The summed E-state index contributed by atoms with van der Waals surface area (Å²) >= 11 is 0. The van der Waals surface area contributed by atoms with E-state index in [2.05, 4.69) is 23.6 Å². The number of rotatable bonds is 9. The van der Waals surface area contributed by atoms with Crippen LogP contribution in [-0.2, 0) is 6.54 Å². The molecule has 1 atom stereocenters. The number of benzene rings is 2. The fraction of sp³-hybridized carbons (Fsp3) is 0.409. The first kappa shape index (κ1) is 21.4. The van der Waals surface area contributed by atoms with Crippen LogP contribution in [0.25, 0.3) is 0 Å². The van der Waals surface area contributed by atoms with Gasteiger partial charge in [-0.2, -0.15) is 0 Å². The Hall–Kier alpha value is -2.89. The monoisotopic (exact) mass is 385 g/mol. The molecule has 2 aromatic carbocycles. The lowest BCUT2D eigenvalue weighted by atomic mass is 10.1. The third-order valence-electron chi connectivity index (χ3n) is 4.38. The Morgan fingerprint density at radius 1 is 1.14 bits per heavy atom. The van der Waals surface area contributed by atoms with Crippen LogP contribution in [0, 0.1) is 0 Å². The van der Waals surface area contributed by atoms with E-state index in [9.17, 15) is 4.79 Å². The summed E-state index contributed by atoms with van der Waals surface area (Å²) in [4.78, 5) is 14.3. The Morgan fingerprint density at radius 3 is 2.61 bits per heavy atom. The normalized spacial score (nSPS) is 11.5. The Labute approximate surface area is 167 Å². The number of hydrogen-bond donors (Lipinski definition) is 2. The smallest absolute Gasteiger partial charge is 0.315 e. The third kappa shape index (κ3) is 6.08. The van der Waals surface area contributed by atoms with E-state index >= 15 is 0 Å². The largest absolute Gasteiger partial charge is 0.493 e. The average molecular weight is 386 g/mol. The number of nitrogens with zero attached hydrogens (tertiary/aromatic N) is 1. The number of hydrogen-bond acceptors (Lipinski definition) is 4. The van der Waals surface area contributed by atoms with E-state index in [1.807, 2.05) is 62.3 Å². The Kier molecular flexibility index (Phi) is 7.99. The second kappa shape index (κ2) is 10.4. The van der Waals surface area contributed by atoms with Gasteiger partial charge >= 0.3 is 6.03 Å². The molecule has 2 N–H and O–H groups in total. The van der Waals surface area contributed by atoms with Crippen LogP contribution in [0.2, 0.25) is 0 Å². The Balaban J connectivity index is 1.93. The van der Waals surface area contributed by atoms with Gasteiger partial charge < -0.3 is 25.0 Å². The summed E-state index contributed by atoms with van der Waals surface area (Å²) in [6.45, 7) is 5.10. The van der Waals surface area contributed by atoms with Gasteiger partial charge in [0.15, 0.2) is 11.5 Å². The van der Waals surface area contributed by atoms with Gasteiger partial charge in [0.1, 0.15) is 0 Å². The average Bonchev–Trinajstić information content (AvgIpc) is 2.70.